The summed E-state index contributed by atoms with van der Waals surface area (Å²) < 4.78 is 30.5. The van der Waals surface area contributed by atoms with Crippen LogP contribution in [0.3, 0.4) is 0 Å². The molecule has 13 heteroatoms. The van der Waals surface area contributed by atoms with Gasteiger partial charge in [0.05, 0.1) is 22.0 Å². The first-order valence-corrected chi connectivity index (χ1v) is 12.1. The van der Waals surface area contributed by atoms with Crippen molar-refractivity contribution in [2.24, 2.45) is 0 Å². The van der Waals surface area contributed by atoms with Crippen molar-refractivity contribution in [2.45, 2.75) is 0 Å². The predicted molar refractivity (Wildman–Crippen MR) is 128 cm³/mol. The van der Waals surface area contributed by atoms with Gasteiger partial charge in [0.1, 0.15) is 12.4 Å². The molecule has 33 heavy (non-hydrogen) atoms. The lowest BCUT2D eigenvalue weighted by Gasteiger charge is -2.18. The van der Waals surface area contributed by atoms with Crippen LogP contribution in [0.4, 0.5) is 11.4 Å². The third-order valence-electron chi connectivity index (χ3n) is 3.84. The number of nitrogens with zero attached hydrogens (tertiary/aromatic N) is 1. The van der Waals surface area contributed by atoms with Crippen molar-refractivity contribution < 1.29 is 33.0 Å². The first-order valence-electron chi connectivity index (χ1n) is 9.42. The van der Waals surface area contributed by atoms with E-state index in [1.165, 1.54) is 0 Å². The van der Waals surface area contributed by atoms with Crippen LogP contribution in [0.25, 0.3) is 0 Å². The summed E-state index contributed by atoms with van der Waals surface area (Å²) in [4.78, 5) is 20.3. The van der Waals surface area contributed by atoms with Gasteiger partial charge >= 0.3 is 11.9 Å². The minimum absolute atomic E-state index is 0.506. The van der Waals surface area contributed by atoms with Gasteiger partial charge in [0.2, 0.25) is 10.0 Å². The zero-order valence-corrected chi connectivity index (χ0v) is 20.2. The normalized spacial score (nSPS) is 10.7. The maximum Gasteiger partial charge on any atom is 0.414 e. The average molecular weight is 522 g/mol. The van der Waals surface area contributed by atoms with Crippen LogP contribution in [-0.4, -0.2) is 75.0 Å². The zero-order chi connectivity index (χ0) is 25.0. The van der Waals surface area contributed by atoms with E-state index in [9.17, 15) is 8.42 Å². The zero-order valence-electron chi connectivity index (χ0n) is 17.9. The number of anilines is 2. The monoisotopic (exact) mass is 521 g/mol. The average Bonchev–Trinajstić information content (AvgIpc) is 2.71. The Kier molecular flexibility index (Phi) is 11.8. The summed E-state index contributed by atoms with van der Waals surface area (Å²) in [6.07, 6.45) is 1.11. The molecule has 0 aromatic heterocycles. The maximum atomic E-state index is 11.2. The smallest absolute Gasteiger partial charge is 0.414 e. The Bertz CT molecular complexity index is 1000. The van der Waals surface area contributed by atoms with Crippen LogP contribution < -0.4 is 14.8 Å². The van der Waals surface area contributed by atoms with Crippen LogP contribution in [0.5, 0.6) is 5.75 Å². The highest BCUT2D eigenvalue weighted by molar-refractivity contribution is 7.92. The predicted octanol–water partition coefficient (Wildman–Crippen LogP) is 2.94. The van der Waals surface area contributed by atoms with Crippen LogP contribution in [0, 0.1) is 0 Å². The maximum absolute atomic E-state index is 11.2. The van der Waals surface area contributed by atoms with Crippen molar-refractivity contribution >= 4 is 56.5 Å². The van der Waals surface area contributed by atoms with Gasteiger partial charge in [-0.25, -0.2) is 18.0 Å². The topological polar surface area (TPSA) is 145 Å². The van der Waals surface area contributed by atoms with Crippen molar-refractivity contribution in [3.63, 3.8) is 0 Å². The van der Waals surface area contributed by atoms with Gasteiger partial charge in [0, 0.05) is 25.3 Å². The van der Waals surface area contributed by atoms with Crippen molar-refractivity contribution in [3.8, 4) is 5.75 Å². The van der Waals surface area contributed by atoms with Crippen molar-refractivity contribution in [1.29, 1.82) is 0 Å². The SMILES string of the molecule is CN(CCNc1c(Cl)cccc1Cl)CCOc1ccc(NS(C)(=O)=O)cc1.O=C(O)C(=O)O. The highest BCUT2D eigenvalue weighted by Gasteiger charge is 2.06. The molecular weight excluding hydrogens is 497 g/mol. The number of hydrogen-bond acceptors (Lipinski definition) is 7. The van der Waals surface area contributed by atoms with Gasteiger partial charge in [-0.05, 0) is 43.4 Å². The molecule has 0 fully saturated rings. The number of halogens is 2. The van der Waals surface area contributed by atoms with E-state index in [2.05, 4.69) is 14.9 Å². The minimum Gasteiger partial charge on any atom is -0.492 e. The molecule has 0 saturated heterocycles. The Morgan fingerprint density at radius 3 is 2.03 bits per heavy atom. The molecule has 0 saturated carbocycles. The molecule has 0 radical (unpaired) electrons. The number of carboxylic acids is 2. The number of ether oxygens (including phenoxy) is 1. The summed E-state index contributed by atoms with van der Waals surface area (Å²) >= 11 is 12.2. The molecule has 0 aliphatic carbocycles. The number of para-hydroxylation sites is 1. The Balaban J connectivity index is 0.000000801. The molecular formula is C20H25Cl2N3O7S. The van der Waals surface area contributed by atoms with E-state index in [1.54, 1.807) is 36.4 Å². The molecule has 2 rings (SSSR count). The number of sulfonamides is 1. The van der Waals surface area contributed by atoms with Gasteiger partial charge in [0.25, 0.3) is 0 Å². The van der Waals surface area contributed by atoms with E-state index < -0.39 is 22.0 Å². The lowest BCUT2D eigenvalue weighted by Crippen LogP contribution is -2.29. The van der Waals surface area contributed by atoms with Gasteiger partial charge < -0.3 is 25.2 Å². The van der Waals surface area contributed by atoms with Crippen LogP contribution in [0.1, 0.15) is 0 Å². The fourth-order valence-electron chi connectivity index (χ4n) is 2.30. The van der Waals surface area contributed by atoms with Gasteiger partial charge in [0.15, 0.2) is 0 Å². The van der Waals surface area contributed by atoms with E-state index in [1.807, 2.05) is 13.1 Å². The molecule has 2 aromatic carbocycles. The van der Waals surface area contributed by atoms with Crippen molar-refractivity contribution in [2.75, 3.05) is 49.6 Å². The van der Waals surface area contributed by atoms with E-state index in [0.717, 1.165) is 25.0 Å². The number of benzene rings is 2. The number of rotatable bonds is 10. The van der Waals surface area contributed by atoms with Crippen molar-refractivity contribution in [1.82, 2.24) is 4.90 Å². The molecule has 4 N–H and O–H groups in total. The standard InChI is InChI=1S/C18H23Cl2N3O3S.C2H2O4/c1-23(11-10-21-18-16(19)4-3-5-17(18)20)12-13-26-15-8-6-14(7-9-15)22-27(2,24)25;3-1(4)2(5)6/h3-9,21-22H,10-13H2,1-2H3;(H,3,4)(H,5,6). The molecule has 0 aliphatic heterocycles. The Hall–Kier alpha value is -2.73. The van der Waals surface area contributed by atoms with Crippen LogP contribution in [-0.2, 0) is 19.6 Å². The summed E-state index contributed by atoms with van der Waals surface area (Å²) in [7, 11) is -1.27. The number of nitrogens with one attached hydrogen (secondary N) is 2. The van der Waals surface area contributed by atoms with Crippen LogP contribution in [0.2, 0.25) is 10.0 Å². The first-order chi connectivity index (χ1) is 15.4. The quantitative estimate of drug-likeness (QED) is 0.346. The minimum atomic E-state index is -3.27. The molecule has 182 valence electrons. The summed E-state index contributed by atoms with van der Waals surface area (Å²) in [5.41, 5.74) is 1.25. The van der Waals surface area contributed by atoms with E-state index in [-0.39, 0.29) is 0 Å². The van der Waals surface area contributed by atoms with Gasteiger partial charge in [-0.1, -0.05) is 29.3 Å². The fraction of sp³-hybridized carbons (Fsp3) is 0.300. The van der Waals surface area contributed by atoms with Gasteiger partial charge in [-0.2, -0.15) is 0 Å². The number of carboxylic acid groups (broad SMARTS) is 2. The Labute approximate surface area is 202 Å². The number of carbonyl (C=O) groups is 2. The second-order valence-corrected chi connectivity index (χ2v) is 9.25. The lowest BCUT2D eigenvalue weighted by molar-refractivity contribution is -0.159. The molecule has 10 nitrogen and oxygen atoms in total. The largest absolute Gasteiger partial charge is 0.492 e. The lowest BCUT2D eigenvalue weighted by atomic mass is 10.3. The van der Waals surface area contributed by atoms with Crippen LogP contribution >= 0.6 is 23.2 Å². The fourth-order valence-corrected chi connectivity index (χ4v) is 3.40. The second-order valence-electron chi connectivity index (χ2n) is 6.68. The summed E-state index contributed by atoms with van der Waals surface area (Å²) in [5, 5.41) is 19.2. The molecule has 0 spiro atoms. The number of hydrogen-bond donors (Lipinski definition) is 4. The molecule has 0 unspecified atom stereocenters. The van der Waals surface area contributed by atoms with E-state index >= 15 is 0 Å². The second kappa shape index (κ2) is 13.7. The summed E-state index contributed by atoms with van der Waals surface area (Å²) in [6, 6.07) is 12.2. The number of likely N-dealkylation sites (N-methyl/N-ethyl adjacent to an activating group) is 1. The van der Waals surface area contributed by atoms with Crippen molar-refractivity contribution in [3.05, 3.63) is 52.5 Å². The van der Waals surface area contributed by atoms with Gasteiger partial charge in [-0.15, -0.1) is 0 Å². The molecule has 0 amide bonds. The summed E-state index contributed by atoms with van der Waals surface area (Å²) in [6.45, 7) is 2.75. The molecule has 2 aromatic rings. The third kappa shape index (κ3) is 12.2. The van der Waals surface area contributed by atoms with Crippen LogP contribution in [0.15, 0.2) is 42.5 Å². The highest BCUT2D eigenvalue weighted by Crippen LogP contribution is 2.29. The Morgan fingerprint density at radius 1 is 1.00 bits per heavy atom. The van der Waals surface area contributed by atoms with E-state index in [0.29, 0.717) is 34.6 Å². The van der Waals surface area contributed by atoms with E-state index in [4.69, 9.17) is 47.7 Å². The number of aliphatic carboxylic acids is 2. The molecule has 0 atom stereocenters. The Morgan fingerprint density at radius 2 is 1.55 bits per heavy atom. The molecule has 0 aliphatic rings. The molecule has 0 bridgehead atoms. The third-order valence-corrected chi connectivity index (χ3v) is 5.08. The molecule has 0 heterocycles. The highest BCUT2D eigenvalue weighted by atomic mass is 35.5. The first kappa shape index (κ1) is 28.3. The van der Waals surface area contributed by atoms with Gasteiger partial charge in [-0.3, -0.25) is 4.72 Å². The summed E-state index contributed by atoms with van der Waals surface area (Å²) in [5.74, 6) is -2.96.